The van der Waals surface area contributed by atoms with Crippen LogP contribution in [0.1, 0.15) is 43.1 Å². The Morgan fingerprint density at radius 2 is 0.815 bits per heavy atom. The van der Waals surface area contributed by atoms with E-state index < -0.39 is 23.3 Å². The molecule has 2 rings (SSSR count). The Balaban J connectivity index is 1.23. The van der Waals surface area contributed by atoms with Gasteiger partial charge in [-0.3, -0.25) is 4.79 Å². The van der Waals surface area contributed by atoms with Crippen LogP contribution in [0.25, 0.3) is 0 Å². The molecule has 0 bridgehead atoms. The molecule has 0 atom stereocenters. The molecule has 2 aromatic carbocycles. The minimum absolute atomic E-state index is 0.00930. The molecule has 0 heterocycles. The summed E-state index contributed by atoms with van der Waals surface area (Å²) in [6, 6.07) is 11.1. The van der Waals surface area contributed by atoms with Crippen LogP contribution < -0.4 is 5.32 Å². The average Bonchev–Trinajstić information content (AvgIpc) is 3.26. The van der Waals surface area contributed by atoms with Crippen LogP contribution in [0.4, 0.5) is 24.5 Å². The molecular formula is C45H70F3NO16. The van der Waals surface area contributed by atoms with Gasteiger partial charge in [0.1, 0.15) is 12.2 Å². The smallest absolute Gasteiger partial charge is 0.416 e. The van der Waals surface area contributed by atoms with Gasteiger partial charge in [-0.2, -0.15) is 13.2 Å². The van der Waals surface area contributed by atoms with Gasteiger partial charge < -0.3 is 71.6 Å². The Hall–Kier alpha value is -3.51. The van der Waals surface area contributed by atoms with Gasteiger partial charge in [0.2, 0.25) is 0 Å². The van der Waals surface area contributed by atoms with E-state index in [9.17, 15) is 22.8 Å². The summed E-state index contributed by atoms with van der Waals surface area (Å²) in [7, 11) is 0. The van der Waals surface area contributed by atoms with Gasteiger partial charge in [0, 0.05) is 5.69 Å². The van der Waals surface area contributed by atoms with E-state index in [1.54, 1.807) is 18.2 Å². The van der Waals surface area contributed by atoms with Crippen molar-refractivity contribution in [1.82, 2.24) is 0 Å². The minimum Gasteiger partial charge on any atom is -0.460 e. The highest BCUT2D eigenvalue weighted by Gasteiger charge is 2.30. The zero-order valence-corrected chi connectivity index (χ0v) is 38.2. The summed E-state index contributed by atoms with van der Waals surface area (Å²) < 4.78 is 115. The van der Waals surface area contributed by atoms with Gasteiger partial charge in [-0.1, -0.05) is 18.2 Å². The van der Waals surface area contributed by atoms with Crippen LogP contribution in [0.5, 0.6) is 0 Å². The number of esters is 2. The van der Waals surface area contributed by atoms with Gasteiger partial charge in [0.05, 0.1) is 182 Å². The monoisotopic (exact) mass is 937 g/mol. The number of carbonyl (C=O) groups is 2. The van der Waals surface area contributed by atoms with Crippen molar-refractivity contribution in [1.29, 1.82) is 0 Å². The second kappa shape index (κ2) is 37.6. The second-order valence-corrected chi connectivity index (χ2v) is 14.6. The average molecular weight is 938 g/mol. The van der Waals surface area contributed by atoms with Crippen LogP contribution >= 0.6 is 0 Å². The van der Waals surface area contributed by atoms with Crippen LogP contribution in [0.3, 0.4) is 0 Å². The SMILES string of the molecule is CC(C)(C)OC(=O)CCOCCOCCOCCOCCOCCOCCOCCOCCOCCOCCOCCOCCOC(=O)c1ccccc1Nc1cccc(C(F)(F)F)c1. The van der Waals surface area contributed by atoms with Crippen LogP contribution in [0.15, 0.2) is 48.5 Å². The zero-order valence-electron chi connectivity index (χ0n) is 38.2. The molecule has 0 saturated carbocycles. The molecule has 0 aliphatic heterocycles. The molecule has 17 nitrogen and oxygen atoms in total. The number of nitrogens with one attached hydrogen (secondary N) is 1. The van der Waals surface area contributed by atoms with Crippen LogP contribution in [0, 0.1) is 0 Å². The lowest BCUT2D eigenvalue weighted by atomic mass is 10.1. The summed E-state index contributed by atoms with van der Waals surface area (Å²) in [6.45, 7) is 15.4. The quantitative estimate of drug-likeness (QED) is 0.0649. The topological polar surface area (TPSA) is 175 Å². The van der Waals surface area contributed by atoms with Crippen molar-refractivity contribution in [2.45, 2.75) is 39.0 Å². The van der Waals surface area contributed by atoms with E-state index in [4.69, 9.17) is 66.3 Å². The molecule has 0 amide bonds. The Morgan fingerprint density at radius 1 is 0.462 bits per heavy atom. The van der Waals surface area contributed by atoms with Crippen molar-refractivity contribution in [2.24, 2.45) is 0 Å². The molecule has 0 aliphatic carbocycles. The number of halogens is 3. The molecule has 20 heteroatoms. The summed E-state index contributed by atoms with van der Waals surface area (Å²) >= 11 is 0. The minimum atomic E-state index is -4.48. The molecule has 65 heavy (non-hydrogen) atoms. The molecule has 1 N–H and O–H groups in total. The number of benzene rings is 2. The van der Waals surface area contributed by atoms with E-state index in [0.29, 0.717) is 158 Å². The van der Waals surface area contributed by atoms with E-state index in [0.717, 1.165) is 12.1 Å². The van der Waals surface area contributed by atoms with Gasteiger partial charge in [0.15, 0.2) is 0 Å². The normalized spacial score (nSPS) is 11.8. The first kappa shape index (κ1) is 57.6. The summed E-state index contributed by atoms with van der Waals surface area (Å²) in [5.74, 6) is -0.912. The third kappa shape index (κ3) is 33.6. The predicted molar refractivity (Wildman–Crippen MR) is 232 cm³/mol. The molecule has 0 radical (unpaired) electrons. The van der Waals surface area contributed by atoms with E-state index >= 15 is 0 Å². The summed E-state index contributed by atoms with van der Waals surface area (Å²) in [4.78, 5) is 24.2. The number of para-hydroxylation sites is 1. The highest BCUT2D eigenvalue weighted by molar-refractivity contribution is 5.96. The fourth-order valence-corrected chi connectivity index (χ4v) is 5.04. The van der Waals surface area contributed by atoms with Crippen LogP contribution in [0.2, 0.25) is 0 Å². The first-order valence-electron chi connectivity index (χ1n) is 21.8. The number of hydrogen-bond donors (Lipinski definition) is 1. The molecular weight excluding hydrogens is 867 g/mol. The van der Waals surface area contributed by atoms with Crippen molar-refractivity contribution in [3.8, 4) is 0 Å². The Labute approximate surface area is 380 Å². The van der Waals surface area contributed by atoms with E-state index in [1.165, 1.54) is 18.2 Å². The van der Waals surface area contributed by atoms with Crippen molar-refractivity contribution < 1.29 is 89.1 Å². The fraction of sp³-hybridized carbons (Fsp3) is 0.689. The van der Waals surface area contributed by atoms with Crippen molar-refractivity contribution >= 4 is 23.3 Å². The maximum absolute atomic E-state index is 13.1. The highest BCUT2D eigenvalue weighted by atomic mass is 19.4. The maximum Gasteiger partial charge on any atom is 0.416 e. The van der Waals surface area contributed by atoms with Crippen LogP contribution in [-0.4, -0.2) is 183 Å². The maximum atomic E-state index is 13.1. The molecule has 0 aliphatic rings. The van der Waals surface area contributed by atoms with E-state index in [-0.39, 0.29) is 36.9 Å². The van der Waals surface area contributed by atoms with Gasteiger partial charge in [0.25, 0.3) is 0 Å². The van der Waals surface area contributed by atoms with Crippen LogP contribution in [-0.2, 0) is 77.3 Å². The number of alkyl halides is 3. The van der Waals surface area contributed by atoms with Gasteiger partial charge in [-0.05, 0) is 51.1 Å². The molecule has 2 aromatic rings. The predicted octanol–water partition coefficient (Wildman–Crippen LogP) is 5.54. The van der Waals surface area contributed by atoms with E-state index in [1.807, 2.05) is 20.8 Å². The number of hydrogen-bond acceptors (Lipinski definition) is 17. The fourth-order valence-electron chi connectivity index (χ4n) is 5.04. The number of anilines is 2. The van der Waals surface area contributed by atoms with Gasteiger partial charge in [-0.25, -0.2) is 4.79 Å². The van der Waals surface area contributed by atoms with E-state index in [2.05, 4.69) is 5.32 Å². The molecule has 0 aromatic heterocycles. The third-order valence-corrected chi connectivity index (χ3v) is 8.04. The third-order valence-electron chi connectivity index (χ3n) is 8.04. The first-order valence-corrected chi connectivity index (χ1v) is 21.8. The number of ether oxygens (including phenoxy) is 14. The van der Waals surface area contributed by atoms with Crippen molar-refractivity contribution in [3.05, 3.63) is 59.7 Å². The van der Waals surface area contributed by atoms with Crippen molar-refractivity contribution in [2.75, 3.05) is 170 Å². The standard InChI is InChI=1S/C45H70F3NO16/c1-44(2,3)65-42(50)11-12-52-13-14-53-15-16-54-17-18-55-19-20-56-21-22-57-23-24-58-25-26-59-27-28-60-29-30-61-31-32-62-33-34-63-35-36-64-43(51)40-9-4-5-10-41(40)49-39-8-6-7-38(37-39)45(46,47)48/h4-10,37,49H,11-36H2,1-3H3. The zero-order chi connectivity index (χ0) is 47.1. The Morgan fingerprint density at radius 3 is 1.18 bits per heavy atom. The second-order valence-electron chi connectivity index (χ2n) is 14.6. The lowest BCUT2D eigenvalue weighted by molar-refractivity contribution is -0.156. The summed E-state index contributed by atoms with van der Waals surface area (Å²) in [5, 5.41) is 2.86. The largest absolute Gasteiger partial charge is 0.460 e. The first-order chi connectivity index (χ1) is 31.5. The summed E-state index contributed by atoms with van der Waals surface area (Å²) in [6.07, 6.45) is -4.27. The van der Waals surface area contributed by atoms with Gasteiger partial charge in [-0.15, -0.1) is 0 Å². The Kier molecular flexibility index (Phi) is 33.3. The molecule has 372 valence electrons. The molecule has 0 spiro atoms. The number of carbonyl (C=O) groups excluding carboxylic acids is 2. The molecule has 0 unspecified atom stereocenters. The lowest BCUT2D eigenvalue weighted by Gasteiger charge is -2.19. The Bertz CT molecular complexity index is 1480. The van der Waals surface area contributed by atoms with Crippen molar-refractivity contribution in [3.63, 3.8) is 0 Å². The van der Waals surface area contributed by atoms with Gasteiger partial charge >= 0.3 is 18.1 Å². The molecule has 0 fully saturated rings. The molecule has 0 saturated heterocycles. The summed E-state index contributed by atoms with van der Waals surface area (Å²) in [5.41, 5.74) is -0.599. The number of rotatable bonds is 42. The lowest BCUT2D eigenvalue weighted by Crippen LogP contribution is -2.24. The highest BCUT2D eigenvalue weighted by Crippen LogP contribution is 2.32.